The van der Waals surface area contributed by atoms with Gasteiger partial charge in [0.05, 0.1) is 5.92 Å². The van der Waals surface area contributed by atoms with Crippen LogP contribution in [-0.4, -0.2) is 33.2 Å². The molecule has 1 aromatic carbocycles. The highest BCUT2D eigenvalue weighted by Crippen LogP contribution is 2.28. The summed E-state index contributed by atoms with van der Waals surface area (Å²) in [5.41, 5.74) is 1.29. The van der Waals surface area contributed by atoms with Gasteiger partial charge in [-0.15, -0.1) is 0 Å². The van der Waals surface area contributed by atoms with Crippen molar-refractivity contribution in [2.24, 2.45) is 5.92 Å². The van der Waals surface area contributed by atoms with Gasteiger partial charge in [0.2, 0.25) is 17.7 Å². The number of pyridine rings is 2. The zero-order valence-electron chi connectivity index (χ0n) is 16.0. The lowest BCUT2D eigenvalue weighted by atomic mass is 10.1. The van der Waals surface area contributed by atoms with Crippen molar-refractivity contribution >= 4 is 17.5 Å². The number of carbonyl (C=O) groups excluding carboxylic acids is 2. The average molecular weight is 406 g/mol. The molecule has 1 saturated heterocycles. The van der Waals surface area contributed by atoms with Gasteiger partial charge in [-0.25, -0.2) is 9.37 Å². The summed E-state index contributed by atoms with van der Waals surface area (Å²) in [6.07, 6.45) is 5.05. The number of ether oxygens (including phenoxy) is 1. The predicted octanol–water partition coefficient (Wildman–Crippen LogP) is 3.40. The zero-order chi connectivity index (χ0) is 20.9. The molecule has 1 aliphatic rings. The third-order valence-electron chi connectivity index (χ3n) is 4.74. The topological polar surface area (TPSA) is 84.4 Å². The highest BCUT2D eigenvalue weighted by atomic mass is 19.1. The number of nitrogens with zero attached hydrogens (tertiary/aromatic N) is 3. The number of carbonyl (C=O) groups is 2. The van der Waals surface area contributed by atoms with Crippen molar-refractivity contribution in [3.05, 3.63) is 78.5 Å². The van der Waals surface area contributed by atoms with Gasteiger partial charge in [-0.2, -0.15) is 0 Å². The molecular weight excluding hydrogens is 387 g/mol. The molecule has 8 heteroatoms. The van der Waals surface area contributed by atoms with E-state index in [9.17, 15) is 14.0 Å². The molecule has 7 nitrogen and oxygen atoms in total. The maximum absolute atomic E-state index is 13.1. The first-order valence-corrected chi connectivity index (χ1v) is 9.44. The minimum atomic E-state index is -0.479. The number of hydrogen-bond acceptors (Lipinski definition) is 5. The first-order valence-electron chi connectivity index (χ1n) is 9.44. The lowest BCUT2D eigenvalue weighted by Crippen LogP contribution is -2.28. The number of aromatic nitrogens is 2. The summed E-state index contributed by atoms with van der Waals surface area (Å²) in [6.45, 7) is 0.746. The maximum Gasteiger partial charge on any atom is 0.243 e. The summed E-state index contributed by atoms with van der Waals surface area (Å²) < 4.78 is 18.8. The normalized spacial score (nSPS) is 15.8. The molecule has 2 amide bonds. The second kappa shape index (κ2) is 8.69. The van der Waals surface area contributed by atoms with Crippen molar-refractivity contribution in [2.45, 2.75) is 13.0 Å². The summed E-state index contributed by atoms with van der Waals surface area (Å²) in [4.78, 5) is 35.0. The van der Waals surface area contributed by atoms with Gasteiger partial charge in [0, 0.05) is 38.1 Å². The highest BCUT2D eigenvalue weighted by molar-refractivity contribution is 5.97. The monoisotopic (exact) mass is 406 g/mol. The molecule has 0 spiro atoms. The SMILES string of the molecule is O=C(Nc1cccnc1Oc1ccc(F)cc1)C1CC(=O)N(Cc2cccnc2)C1. The molecule has 2 aromatic heterocycles. The van der Waals surface area contributed by atoms with Gasteiger partial charge in [-0.1, -0.05) is 6.07 Å². The molecule has 0 aliphatic carbocycles. The van der Waals surface area contributed by atoms with E-state index in [1.54, 1.807) is 29.4 Å². The van der Waals surface area contributed by atoms with E-state index >= 15 is 0 Å². The van der Waals surface area contributed by atoms with Crippen LogP contribution in [0.5, 0.6) is 11.6 Å². The Kier molecular flexibility index (Phi) is 5.65. The standard InChI is InChI=1S/C22H19FN4O3/c23-17-5-7-18(8-6-17)30-22-19(4-2-10-25-22)26-21(29)16-11-20(28)27(14-16)13-15-3-1-9-24-12-15/h1-10,12,16H,11,13-14H2,(H,26,29). The van der Waals surface area contributed by atoms with Crippen molar-refractivity contribution < 1.29 is 18.7 Å². The number of likely N-dealkylation sites (tertiary alicyclic amines) is 1. The predicted molar refractivity (Wildman–Crippen MR) is 107 cm³/mol. The van der Waals surface area contributed by atoms with Gasteiger partial charge in [-0.3, -0.25) is 14.6 Å². The van der Waals surface area contributed by atoms with Crippen molar-refractivity contribution in [3.8, 4) is 11.6 Å². The van der Waals surface area contributed by atoms with E-state index in [1.165, 1.54) is 30.5 Å². The molecule has 0 radical (unpaired) electrons. The molecule has 1 unspecified atom stereocenters. The van der Waals surface area contributed by atoms with Crippen LogP contribution in [0, 0.1) is 11.7 Å². The fourth-order valence-electron chi connectivity index (χ4n) is 3.23. The minimum Gasteiger partial charge on any atom is -0.437 e. The van der Waals surface area contributed by atoms with Crippen LogP contribution in [0.4, 0.5) is 10.1 Å². The Morgan fingerprint density at radius 2 is 1.97 bits per heavy atom. The van der Waals surface area contributed by atoms with Crippen molar-refractivity contribution in [1.29, 1.82) is 0 Å². The molecule has 3 heterocycles. The zero-order valence-corrected chi connectivity index (χ0v) is 16.0. The number of anilines is 1. The molecule has 0 saturated carbocycles. The lowest BCUT2D eigenvalue weighted by Gasteiger charge is -2.17. The van der Waals surface area contributed by atoms with E-state index in [0.29, 0.717) is 24.5 Å². The number of nitrogens with one attached hydrogen (secondary N) is 1. The summed E-state index contributed by atoms with van der Waals surface area (Å²) in [5, 5.41) is 2.80. The summed E-state index contributed by atoms with van der Waals surface area (Å²) in [6, 6.07) is 12.5. The summed E-state index contributed by atoms with van der Waals surface area (Å²) in [5.74, 6) is -0.632. The first-order chi connectivity index (χ1) is 14.6. The molecule has 30 heavy (non-hydrogen) atoms. The second-order valence-corrected chi connectivity index (χ2v) is 6.94. The highest BCUT2D eigenvalue weighted by Gasteiger charge is 2.34. The quantitative estimate of drug-likeness (QED) is 0.678. The van der Waals surface area contributed by atoms with Crippen LogP contribution in [0.2, 0.25) is 0 Å². The van der Waals surface area contributed by atoms with Crippen molar-refractivity contribution in [1.82, 2.24) is 14.9 Å². The molecule has 4 rings (SSSR count). The number of rotatable bonds is 6. The maximum atomic E-state index is 13.1. The van der Waals surface area contributed by atoms with Crippen LogP contribution in [0.15, 0.2) is 67.1 Å². The Morgan fingerprint density at radius 1 is 1.17 bits per heavy atom. The van der Waals surface area contributed by atoms with Crippen molar-refractivity contribution in [3.63, 3.8) is 0 Å². The van der Waals surface area contributed by atoms with Crippen LogP contribution in [0.25, 0.3) is 0 Å². The minimum absolute atomic E-state index is 0.0759. The Morgan fingerprint density at radius 3 is 2.73 bits per heavy atom. The van der Waals surface area contributed by atoms with Crippen LogP contribution in [-0.2, 0) is 16.1 Å². The fraction of sp³-hybridized carbons (Fsp3) is 0.182. The summed E-state index contributed by atoms with van der Waals surface area (Å²) >= 11 is 0. The third kappa shape index (κ3) is 4.60. The van der Waals surface area contributed by atoms with Crippen LogP contribution in [0.1, 0.15) is 12.0 Å². The van der Waals surface area contributed by atoms with E-state index < -0.39 is 5.92 Å². The largest absolute Gasteiger partial charge is 0.437 e. The molecule has 3 aromatic rings. The van der Waals surface area contributed by atoms with Crippen LogP contribution < -0.4 is 10.1 Å². The first kappa shape index (κ1) is 19.5. The van der Waals surface area contributed by atoms with Crippen molar-refractivity contribution in [2.75, 3.05) is 11.9 Å². The van der Waals surface area contributed by atoms with Gasteiger partial charge in [0.1, 0.15) is 17.3 Å². The second-order valence-electron chi connectivity index (χ2n) is 6.94. The van der Waals surface area contributed by atoms with Gasteiger partial charge in [0.25, 0.3) is 0 Å². The Balaban J connectivity index is 1.42. The van der Waals surface area contributed by atoms with Crippen LogP contribution in [0.3, 0.4) is 0 Å². The number of benzene rings is 1. The van der Waals surface area contributed by atoms with E-state index in [1.807, 2.05) is 12.1 Å². The third-order valence-corrected chi connectivity index (χ3v) is 4.74. The van der Waals surface area contributed by atoms with Gasteiger partial charge in [0.15, 0.2) is 0 Å². The van der Waals surface area contributed by atoms with E-state index in [4.69, 9.17) is 4.74 Å². The van der Waals surface area contributed by atoms with Gasteiger partial charge >= 0.3 is 0 Å². The fourth-order valence-corrected chi connectivity index (χ4v) is 3.23. The van der Waals surface area contributed by atoms with E-state index in [-0.39, 0.29) is 29.9 Å². The smallest absolute Gasteiger partial charge is 0.243 e. The molecule has 1 aliphatic heterocycles. The average Bonchev–Trinajstić information content (AvgIpc) is 3.12. The molecular formula is C22H19FN4O3. The Labute approximate surface area is 172 Å². The lowest BCUT2D eigenvalue weighted by molar-refractivity contribution is -0.128. The Bertz CT molecular complexity index is 1040. The van der Waals surface area contributed by atoms with Crippen LogP contribution >= 0.6 is 0 Å². The number of halogens is 1. The number of hydrogen-bond donors (Lipinski definition) is 1. The molecule has 1 fully saturated rings. The van der Waals surface area contributed by atoms with Gasteiger partial charge in [-0.05, 0) is 48.0 Å². The molecule has 0 bridgehead atoms. The Hall–Kier alpha value is -3.81. The number of amides is 2. The molecule has 1 N–H and O–H groups in total. The van der Waals surface area contributed by atoms with E-state index in [2.05, 4.69) is 15.3 Å². The van der Waals surface area contributed by atoms with E-state index in [0.717, 1.165) is 5.56 Å². The summed E-state index contributed by atoms with van der Waals surface area (Å²) in [7, 11) is 0. The molecule has 1 atom stereocenters. The van der Waals surface area contributed by atoms with Gasteiger partial charge < -0.3 is 15.0 Å². The molecule has 152 valence electrons.